The molecular formula is C16H34N2O. The molecule has 0 aromatic heterocycles. The molecule has 1 atom stereocenters. The molecule has 2 N–H and O–H groups in total. The summed E-state index contributed by atoms with van der Waals surface area (Å²) in [6.07, 6.45) is 5.09. The third-order valence-corrected chi connectivity index (χ3v) is 3.93. The zero-order chi connectivity index (χ0) is 14.5. The first-order valence-electron chi connectivity index (χ1n) is 7.89. The number of nitrogens with zero attached hydrogens (tertiary/aromatic N) is 1. The molecule has 1 saturated carbocycles. The molecule has 1 aliphatic rings. The van der Waals surface area contributed by atoms with Gasteiger partial charge in [0.2, 0.25) is 0 Å². The van der Waals surface area contributed by atoms with Crippen molar-refractivity contribution in [1.82, 2.24) is 10.2 Å². The molecular weight excluding hydrogens is 236 g/mol. The Kier molecular flexibility index (Phi) is 6.28. The molecule has 114 valence electrons. The first-order chi connectivity index (χ1) is 8.79. The first kappa shape index (κ1) is 16.9. The van der Waals surface area contributed by atoms with E-state index in [1.54, 1.807) is 0 Å². The van der Waals surface area contributed by atoms with Crippen LogP contribution in [0, 0.1) is 5.41 Å². The summed E-state index contributed by atoms with van der Waals surface area (Å²) < 4.78 is 0. The van der Waals surface area contributed by atoms with E-state index < -0.39 is 0 Å². The Morgan fingerprint density at radius 2 is 1.84 bits per heavy atom. The third-order valence-electron chi connectivity index (χ3n) is 3.93. The Hall–Kier alpha value is -0.120. The van der Waals surface area contributed by atoms with Crippen LogP contribution < -0.4 is 5.32 Å². The summed E-state index contributed by atoms with van der Waals surface area (Å²) in [5.74, 6) is 0. The summed E-state index contributed by atoms with van der Waals surface area (Å²) >= 11 is 0. The maximum Gasteiger partial charge on any atom is 0.0558 e. The highest BCUT2D eigenvalue weighted by molar-refractivity contribution is 4.90. The molecule has 0 radical (unpaired) electrons. The summed E-state index contributed by atoms with van der Waals surface area (Å²) in [6, 6.07) is 0.734. The van der Waals surface area contributed by atoms with Crippen molar-refractivity contribution in [2.75, 3.05) is 26.2 Å². The minimum Gasteiger partial charge on any atom is -0.395 e. The monoisotopic (exact) mass is 270 g/mol. The molecule has 0 bridgehead atoms. The van der Waals surface area contributed by atoms with Crippen molar-refractivity contribution in [2.45, 2.75) is 71.9 Å². The van der Waals surface area contributed by atoms with Crippen LogP contribution in [0.25, 0.3) is 0 Å². The molecule has 19 heavy (non-hydrogen) atoms. The molecule has 0 aromatic rings. The van der Waals surface area contributed by atoms with Crippen molar-refractivity contribution in [3.8, 4) is 0 Å². The van der Waals surface area contributed by atoms with Gasteiger partial charge in [-0.15, -0.1) is 0 Å². The zero-order valence-corrected chi connectivity index (χ0v) is 13.6. The van der Waals surface area contributed by atoms with Crippen LogP contribution in [0.5, 0.6) is 0 Å². The Balaban J connectivity index is 2.57. The predicted molar refractivity (Wildman–Crippen MR) is 82.5 cm³/mol. The van der Waals surface area contributed by atoms with Gasteiger partial charge in [-0.3, -0.25) is 4.90 Å². The molecule has 1 rings (SSSR count). The summed E-state index contributed by atoms with van der Waals surface area (Å²) in [4.78, 5) is 2.50. The van der Waals surface area contributed by atoms with Gasteiger partial charge >= 0.3 is 0 Å². The van der Waals surface area contributed by atoms with Crippen LogP contribution in [-0.2, 0) is 0 Å². The second-order valence-corrected chi connectivity index (χ2v) is 7.59. The van der Waals surface area contributed by atoms with Crippen LogP contribution in [0.4, 0.5) is 0 Å². The van der Waals surface area contributed by atoms with Gasteiger partial charge in [0.15, 0.2) is 0 Å². The van der Waals surface area contributed by atoms with Gasteiger partial charge in [-0.05, 0) is 45.4 Å². The number of hydrogen-bond acceptors (Lipinski definition) is 3. The van der Waals surface area contributed by atoms with Gasteiger partial charge < -0.3 is 10.4 Å². The highest BCUT2D eigenvalue weighted by Gasteiger charge is 2.34. The largest absolute Gasteiger partial charge is 0.395 e. The van der Waals surface area contributed by atoms with Crippen LogP contribution >= 0.6 is 0 Å². The number of rotatable bonds is 9. The number of hydrogen-bond donors (Lipinski definition) is 2. The van der Waals surface area contributed by atoms with Crippen molar-refractivity contribution in [2.24, 2.45) is 5.41 Å². The van der Waals surface area contributed by atoms with Gasteiger partial charge in [0.05, 0.1) is 6.61 Å². The number of aliphatic hydroxyl groups excluding tert-OH is 1. The quantitative estimate of drug-likeness (QED) is 0.676. The summed E-state index contributed by atoms with van der Waals surface area (Å²) in [5.41, 5.74) is 0.482. The lowest BCUT2D eigenvalue weighted by atomic mass is 9.84. The van der Waals surface area contributed by atoms with Crippen LogP contribution in [0.15, 0.2) is 0 Å². The van der Waals surface area contributed by atoms with E-state index in [2.05, 4.69) is 44.8 Å². The topological polar surface area (TPSA) is 35.5 Å². The lowest BCUT2D eigenvalue weighted by Gasteiger charge is -2.38. The molecule has 0 aliphatic heterocycles. The lowest BCUT2D eigenvalue weighted by molar-refractivity contribution is 0.113. The van der Waals surface area contributed by atoms with E-state index in [0.717, 1.165) is 25.7 Å². The molecule has 0 spiro atoms. The average Bonchev–Trinajstić information content (AvgIpc) is 3.09. The Labute approximate surface area is 119 Å². The van der Waals surface area contributed by atoms with Gasteiger partial charge in [-0.2, -0.15) is 0 Å². The lowest BCUT2D eigenvalue weighted by Crippen LogP contribution is -2.48. The van der Waals surface area contributed by atoms with Gasteiger partial charge in [-0.25, -0.2) is 0 Å². The predicted octanol–water partition coefficient (Wildman–Crippen LogP) is 2.64. The summed E-state index contributed by atoms with van der Waals surface area (Å²) in [5, 5.41) is 12.9. The van der Waals surface area contributed by atoms with E-state index in [4.69, 9.17) is 0 Å². The molecule has 1 unspecified atom stereocenters. The van der Waals surface area contributed by atoms with E-state index in [1.165, 1.54) is 25.7 Å². The van der Waals surface area contributed by atoms with Crippen LogP contribution in [0.1, 0.15) is 60.3 Å². The van der Waals surface area contributed by atoms with Gasteiger partial charge in [0.25, 0.3) is 0 Å². The Morgan fingerprint density at radius 3 is 2.26 bits per heavy atom. The molecule has 0 heterocycles. The molecule has 0 aromatic carbocycles. The van der Waals surface area contributed by atoms with E-state index in [9.17, 15) is 5.11 Å². The molecule has 3 heteroatoms. The van der Waals surface area contributed by atoms with Gasteiger partial charge in [-0.1, -0.05) is 20.3 Å². The average molecular weight is 270 g/mol. The van der Waals surface area contributed by atoms with E-state index in [0.29, 0.717) is 5.41 Å². The highest BCUT2D eigenvalue weighted by Crippen LogP contribution is 2.32. The van der Waals surface area contributed by atoms with E-state index >= 15 is 0 Å². The fraction of sp³-hybridized carbons (Fsp3) is 1.00. The SMILES string of the molecule is CCCC(C)(CNC(C)(C)C)CN(CCO)C1CC1. The second kappa shape index (κ2) is 7.05. The maximum absolute atomic E-state index is 9.24. The second-order valence-electron chi connectivity index (χ2n) is 7.59. The number of aliphatic hydroxyl groups is 1. The van der Waals surface area contributed by atoms with E-state index in [1.807, 2.05) is 0 Å². The minimum absolute atomic E-state index is 0.177. The van der Waals surface area contributed by atoms with Crippen molar-refractivity contribution in [3.05, 3.63) is 0 Å². The van der Waals surface area contributed by atoms with Crippen LogP contribution in [-0.4, -0.2) is 47.8 Å². The van der Waals surface area contributed by atoms with Gasteiger partial charge in [0, 0.05) is 31.2 Å². The maximum atomic E-state index is 9.24. The highest BCUT2D eigenvalue weighted by atomic mass is 16.3. The van der Waals surface area contributed by atoms with E-state index in [-0.39, 0.29) is 12.1 Å². The van der Waals surface area contributed by atoms with Crippen LogP contribution in [0.2, 0.25) is 0 Å². The molecule has 3 nitrogen and oxygen atoms in total. The normalized spacial score (nSPS) is 19.7. The first-order valence-corrected chi connectivity index (χ1v) is 7.89. The summed E-state index contributed by atoms with van der Waals surface area (Å²) in [6.45, 7) is 14.6. The van der Waals surface area contributed by atoms with Crippen molar-refractivity contribution < 1.29 is 5.11 Å². The molecule has 1 fully saturated rings. The number of nitrogens with one attached hydrogen (secondary N) is 1. The fourth-order valence-electron chi connectivity index (χ4n) is 2.75. The standard InChI is InChI=1S/C16H34N2O/c1-6-9-16(5,12-17-15(2,3)4)13-18(10-11-19)14-7-8-14/h14,17,19H,6-13H2,1-5H3. The zero-order valence-electron chi connectivity index (χ0n) is 13.6. The Bertz CT molecular complexity index is 258. The molecule has 1 aliphatic carbocycles. The molecule has 0 amide bonds. The minimum atomic E-state index is 0.177. The summed E-state index contributed by atoms with van der Waals surface area (Å²) in [7, 11) is 0. The fourth-order valence-corrected chi connectivity index (χ4v) is 2.75. The van der Waals surface area contributed by atoms with Gasteiger partial charge in [0.1, 0.15) is 0 Å². The third kappa shape index (κ3) is 6.73. The van der Waals surface area contributed by atoms with Crippen molar-refractivity contribution in [1.29, 1.82) is 0 Å². The van der Waals surface area contributed by atoms with Crippen LogP contribution in [0.3, 0.4) is 0 Å². The molecule has 0 saturated heterocycles. The smallest absolute Gasteiger partial charge is 0.0558 e. The van der Waals surface area contributed by atoms with Crippen molar-refractivity contribution in [3.63, 3.8) is 0 Å². The Morgan fingerprint density at radius 1 is 1.21 bits per heavy atom. The van der Waals surface area contributed by atoms with Crippen molar-refractivity contribution >= 4 is 0 Å².